The molecule has 0 radical (unpaired) electrons. The number of piperidine rings is 1. The normalized spacial score (nSPS) is 23.9. The molecule has 1 N–H and O–H groups in total. The number of hydrogen-bond donors (Lipinski definition) is 1. The monoisotopic (exact) mass is 254 g/mol. The van der Waals surface area contributed by atoms with E-state index in [0.29, 0.717) is 11.9 Å². The lowest BCUT2D eigenvalue weighted by molar-refractivity contribution is -0.136. The molecule has 1 fully saturated rings. The summed E-state index contributed by atoms with van der Waals surface area (Å²) in [6, 6.07) is 0.578. The van der Waals surface area contributed by atoms with Crippen LogP contribution in [0.1, 0.15) is 59.3 Å². The minimum Gasteiger partial charge on any atom is -0.342 e. The van der Waals surface area contributed by atoms with Gasteiger partial charge in [-0.15, -0.1) is 0 Å². The molecule has 0 aliphatic carbocycles. The summed E-state index contributed by atoms with van der Waals surface area (Å²) in [6.07, 6.45) is 6.78. The van der Waals surface area contributed by atoms with Crippen LogP contribution in [0.3, 0.4) is 0 Å². The van der Waals surface area contributed by atoms with Gasteiger partial charge >= 0.3 is 0 Å². The second-order valence-corrected chi connectivity index (χ2v) is 5.62. The lowest BCUT2D eigenvalue weighted by atomic mass is 9.94. The number of carbonyl (C=O) groups is 1. The maximum atomic E-state index is 12.5. The van der Waals surface area contributed by atoms with Gasteiger partial charge in [0.1, 0.15) is 0 Å². The standard InChI is InChI=1S/C15H30N2O/c1-4-6-10-17(11-7-5-2)15(18)14-9-8-13(3)16-12-14/h13-14,16H,4-12H2,1-3H3. The first-order valence-electron chi connectivity index (χ1n) is 7.71. The van der Waals surface area contributed by atoms with Gasteiger partial charge in [0.2, 0.25) is 5.91 Å². The highest BCUT2D eigenvalue weighted by Crippen LogP contribution is 2.17. The highest BCUT2D eigenvalue weighted by atomic mass is 16.2. The Hall–Kier alpha value is -0.570. The first kappa shape index (κ1) is 15.5. The average Bonchev–Trinajstić information content (AvgIpc) is 2.39. The molecule has 106 valence electrons. The van der Waals surface area contributed by atoms with Crippen molar-refractivity contribution in [1.29, 1.82) is 0 Å². The van der Waals surface area contributed by atoms with Crippen LogP contribution in [0, 0.1) is 5.92 Å². The zero-order chi connectivity index (χ0) is 13.4. The van der Waals surface area contributed by atoms with Crippen LogP contribution >= 0.6 is 0 Å². The van der Waals surface area contributed by atoms with Crippen molar-refractivity contribution in [3.63, 3.8) is 0 Å². The van der Waals surface area contributed by atoms with E-state index in [1.807, 2.05) is 0 Å². The first-order chi connectivity index (χ1) is 8.69. The van der Waals surface area contributed by atoms with E-state index < -0.39 is 0 Å². The molecule has 1 heterocycles. The number of rotatable bonds is 7. The molecule has 2 unspecified atom stereocenters. The molecular weight excluding hydrogens is 224 g/mol. The summed E-state index contributed by atoms with van der Waals surface area (Å²) in [5.41, 5.74) is 0. The van der Waals surface area contributed by atoms with Crippen molar-refractivity contribution in [3.8, 4) is 0 Å². The minimum atomic E-state index is 0.218. The molecule has 3 nitrogen and oxygen atoms in total. The van der Waals surface area contributed by atoms with Gasteiger partial charge in [-0.3, -0.25) is 4.79 Å². The SMILES string of the molecule is CCCCN(CCCC)C(=O)C1CCC(C)NC1. The smallest absolute Gasteiger partial charge is 0.226 e. The van der Waals surface area contributed by atoms with E-state index in [2.05, 4.69) is 31.0 Å². The number of hydrogen-bond acceptors (Lipinski definition) is 2. The van der Waals surface area contributed by atoms with Crippen molar-refractivity contribution in [3.05, 3.63) is 0 Å². The van der Waals surface area contributed by atoms with Crippen LogP contribution in [0.4, 0.5) is 0 Å². The van der Waals surface area contributed by atoms with Crippen LogP contribution in [-0.4, -0.2) is 36.5 Å². The zero-order valence-electron chi connectivity index (χ0n) is 12.4. The Kier molecular flexibility index (Phi) is 7.33. The molecule has 1 aliphatic rings. The largest absolute Gasteiger partial charge is 0.342 e. The average molecular weight is 254 g/mol. The van der Waals surface area contributed by atoms with Gasteiger partial charge < -0.3 is 10.2 Å². The summed E-state index contributed by atoms with van der Waals surface area (Å²) in [6.45, 7) is 9.34. The molecule has 2 atom stereocenters. The lowest BCUT2D eigenvalue weighted by Crippen LogP contribution is -2.46. The van der Waals surface area contributed by atoms with E-state index in [4.69, 9.17) is 0 Å². The van der Waals surface area contributed by atoms with Gasteiger partial charge in [-0.25, -0.2) is 0 Å². The molecule has 0 saturated carbocycles. The van der Waals surface area contributed by atoms with Crippen LogP contribution in [0.5, 0.6) is 0 Å². The topological polar surface area (TPSA) is 32.3 Å². The van der Waals surface area contributed by atoms with Crippen LogP contribution in [-0.2, 0) is 4.79 Å². The molecule has 0 spiro atoms. The van der Waals surface area contributed by atoms with Crippen molar-refractivity contribution in [1.82, 2.24) is 10.2 Å². The number of unbranched alkanes of at least 4 members (excludes halogenated alkanes) is 2. The van der Waals surface area contributed by atoms with Crippen molar-refractivity contribution >= 4 is 5.91 Å². The lowest BCUT2D eigenvalue weighted by Gasteiger charge is -2.32. The Morgan fingerprint density at radius 1 is 1.17 bits per heavy atom. The van der Waals surface area contributed by atoms with Crippen LogP contribution < -0.4 is 5.32 Å². The fourth-order valence-electron chi connectivity index (χ4n) is 2.50. The number of carbonyl (C=O) groups excluding carboxylic acids is 1. The summed E-state index contributed by atoms with van der Waals surface area (Å²) < 4.78 is 0. The number of amides is 1. The Morgan fingerprint density at radius 2 is 1.78 bits per heavy atom. The minimum absolute atomic E-state index is 0.218. The Labute approximate surface area is 112 Å². The fourth-order valence-corrected chi connectivity index (χ4v) is 2.50. The van der Waals surface area contributed by atoms with E-state index >= 15 is 0 Å². The third kappa shape index (κ3) is 4.97. The van der Waals surface area contributed by atoms with E-state index in [9.17, 15) is 4.79 Å². The molecule has 3 heteroatoms. The maximum Gasteiger partial charge on any atom is 0.226 e. The van der Waals surface area contributed by atoms with Gasteiger partial charge in [-0.05, 0) is 32.6 Å². The van der Waals surface area contributed by atoms with Crippen LogP contribution in [0.2, 0.25) is 0 Å². The summed E-state index contributed by atoms with van der Waals surface area (Å²) in [4.78, 5) is 14.6. The molecular formula is C15H30N2O. The summed E-state index contributed by atoms with van der Waals surface area (Å²) in [7, 11) is 0. The van der Waals surface area contributed by atoms with E-state index in [1.54, 1.807) is 0 Å². The predicted octanol–water partition coefficient (Wildman–Crippen LogP) is 2.80. The van der Waals surface area contributed by atoms with Gasteiger partial charge in [0.25, 0.3) is 0 Å². The van der Waals surface area contributed by atoms with E-state index in [-0.39, 0.29) is 5.92 Å². The Balaban J connectivity index is 2.46. The first-order valence-corrected chi connectivity index (χ1v) is 7.71. The fraction of sp³-hybridized carbons (Fsp3) is 0.933. The van der Waals surface area contributed by atoms with Crippen molar-refractivity contribution in [2.45, 2.75) is 65.3 Å². The second-order valence-electron chi connectivity index (χ2n) is 5.62. The zero-order valence-corrected chi connectivity index (χ0v) is 12.4. The van der Waals surface area contributed by atoms with Crippen molar-refractivity contribution in [2.75, 3.05) is 19.6 Å². The van der Waals surface area contributed by atoms with Crippen molar-refractivity contribution < 1.29 is 4.79 Å². The van der Waals surface area contributed by atoms with E-state index in [0.717, 1.165) is 58.2 Å². The molecule has 0 aromatic rings. The van der Waals surface area contributed by atoms with Crippen molar-refractivity contribution in [2.24, 2.45) is 5.92 Å². The third-order valence-electron chi connectivity index (χ3n) is 3.88. The highest BCUT2D eigenvalue weighted by molar-refractivity contribution is 5.79. The van der Waals surface area contributed by atoms with Crippen LogP contribution in [0.25, 0.3) is 0 Å². The molecule has 0 bridgehead atoms. The molecule has 1 saturated heterocycles. The molecule has 18 heavy (non-hydrogen) atoms. The number of nitrogens with one attached hydrogen (secondary N) is 1. The predicted molar refractivity (Wildman–Crippen MR) is 76.6 cm³/mol. The molecule has 1 rings (SSSR count). The molecule has 0 aromatic carbocycles. The van der Waals surface area contributed by atoms with Gasteiger partial charge in [-0.1, -0.05) is 26.7 Å². The molecule has 1 aliphatic heterocycles. The van der Waals surface area contributed by atoms with Gasteiger partial charge in [0, 0.05) is 25.7 Å². The van der Waals surface area contributed by atoms with Gasteiger partial charge in [0.15, 0.2) is 0 Å². The Bertz CT molecular complexity index is 227. The quantitative estimate of drug-likeness (QED) is 0.757. The summed E-state index contributed by atoms with van der Waals surface area (Å²) in [5, 5.41) is 3.43. The number of nitrogens with zero attached hydrogens (tertiary/aromatic N) is 1. The third-order valence-corrected chi connectivity index (χ3v) is 3.88. The summed E-state index contributed by atoms with van der Waals surface area (Å²) >= 11 is 0. The van der Waals surface area contributed by atoms with Crippen LogP contribution in [0.15, 0.2) is 0 Å². The van der Waals surface area contributed by atoms with E-state index in [1.165, 1.54) is 0 Å². The maximum absolute atomic E-state index is 12.5. The van der Waals surface area contributed by atoms with Gasteiger partial charge in [-0.2, -0.15) is 0 Å². The molecule has 0 aromatic heterocycles. The summed E-state index contributed by atoms with van der Waals surface area (Å²) in [5.74, 6) is 0.603. The Morgan fingerprint density at radius 3 is 2.22 bits per heavy atom. The van der Waals surface area contributed by atoms with Gasteiger partial charge in [0.05, 0.1) is 5.92 Å². The molecule has 1 amide bonds. The highest BCUT2D eigenvalue weighted by Gasteiger charge is 2.27. The second kappa shape index (κ2) is 8.52.